The molecule has 0 radical (unpaired) electrons. The van der Waals surface area contributed by atoms with E-state index in [1.54, 1.807) is 0 Å². The fourth-order valence-corrected chi connectivity index (χ4v) is 2.65. The van der Waals surface area contributed by atoms with Crippen LogP contribution in [0.2, 0.25) is 0 Å². The van der Waals surface area contributed by atoms with E-state index in [4.69, 9.17) is 4.74 Å². The average molecular weight is 328 g/mol. The summed E-state index contributed by atoms with van der Waals surface area (Å²) >= 11 is 0. The summed E-state index contributed by atoms with van der Waals surface area (Å²) in [6.07, 6.45) is 1.90. The summed E-state index contributed by atoms with van der Waals surface area (Å²) in [5.74, 6) is 1.25. The SMILES string of the molecule is CC(C)CCOc1ccc(NC(=O)c2n[nH]c3c2CNCC3)cc1. The Hall–Kier alpha value is -2.34. The highest BCUT2D eigenvalue weighted by atomic mass is 16.5. The number of carbonyl (C=O) groups is 1. The first-order valence-electron chi connectivity index (χ1n) is 8.44. The fourth-order valence-electron chi connectivity index (χ4n) is 2.65. The molecule has 128 valence electrons. The van der Waals surface area contributed by atoms with Gasteiger partial charge < -0.3 is 15.4 Å². The minimum Gasteiger partial charge on any atom is -0.494 e. The van der Waals surface area contributed by atoms with Gasteiger partial charge in [-0.3, -0.25) is 9.89 Å². The lowest BCUT2D eigenvalue weighted by atomic mass is 10.1. The van der Waals surface area contributed by atoms with Crippen molar-refractivity contribution in [3.63, 3.8) is 0 Å². The van der Waals surface area contributed by atoms with E-state index < -0.39 is 0 Å². The summed E-state index contributed by atoms with van der Waals surface area (Å²) < 4.78 is 5.69. The van der Waals surface area contributed by atoms with Crippen LogP contribution in [0.5, 0.6) is 5.75 Å². The molecule has 1 amide bonds. The molecule has 3 N–H and O–H groups in total. The van der Waals surface area contributed by atoms with Gasteiger partial charge in [0, 0.05) is 36.5 Å². The van der Waals surface area contributed by atoms with Gasteiger partial charge >= 0.3 is 0 Å². The average Bonchev–Trinajstić information content (AvgIpc) is 3.00. The van der Waals surface area contributed by atoms with Crippen molar-refractivity contribution in [3.8, 4) is 5.75 Å². The number of amides is 1. The van der Waals surface area contributed by atoms with Crippen LogP contribution in [0.3, 0.4) is 0 Å². The Morgan fingerprint density at radius 1 is 1.33 bits per heavy atom. The Bertz CT molecular complexity index is 692. The van der Waals surface area contributed by atoms with E-state index in [1.165, 1.54) is 0 Å². The molecule has 0 unspecified atom stereocenters. The third-order valence-electron chi connectivity index (χ3n) is 4.10. The van der Waals surface area contributed by atoms with Gasteiger partial charge in [-0.05, 0) is 36.6 Å². The highest BCUT2D eigenvalue weighted by molar-refractivity contribution is 6.04. The number of aromatic amines is 1. The summed E-state index contributed by atoms with van der Waals surface area (Å²) in [5, 5.41) is 13.3. The van der Waals surface area contributed by atoms with Crippen LogP contribution in [-0.4, -0.2) is 29.3 Å². The van der Waals surface area contributed by atoms with Crippen LogP contribution >= 0.6 is 0 Å². The number of anilines is 1. The summed E-state index contributed by atoms with van der Waals surface area (Å²) in [6.45, 7) is 6.64. The van der Waals surface area contributed by atoms with Crippen LogP contribution < -0.4 is 15.4 Å². The van der Waals surface area contributed by atoms with Crippen LogP contribution in [0.1, 0.15) is 42.0 Å². The Morgan fingerprint density at radius 2 is 2.12 bits per heavy atom. The van der Waals surface area contributed by atoms with Gasteiger partial charge in [0.1, 0.15) is 5.75 Å². The van der Waals surface area contributed by atoms with Crippen molar-refractivity contribution in [2.75, 3.05) is 18.5 Å². The minimum absolute atomic E-state index is 0.190. The zero-order valence-electron chi connectivity index (χ0n) is 14.2. The first-order chi connectivity index (χ1) is 11.6. The molecule has 0 bridgehead atoms. The second-order valence-electron chi connectivity index (χ2n) is 6.47. The molecule has 6 heteroatoms. The lowest BCUT2D eigenvalue weighted by Gasteiger charge is -2.13. The Labute approximate surface area is 142 Å². The number of fused-ring (bicyclic) bond motifs is 1. The van der Waals surface area contributed by atoms with Crippen molar-refractivity contribution in [1.29, 1.82) is 0 Å². The molecule has 6 nitrogen and oxygen atoms in total. The molecule has 24 heavy (non-hydrogen) atoms. The van der Waals surface area contributed by atoms with Gasteiger partial charge in [-0.25, -0.2) is 0 Å². The molecular weight excluding hydrogens is 304 g/mol. The summed E-state index contributed by atoms with van der Waals surface area (Å²) in [6, 6.07) is 7.44. The van der Waals surface area contributed by atoms with Crippen molar-refractivity contribution in [1.82, 2.24) is 15.5 Å². The number of hydrogen-bond acceptors (Lipinski definition) is 4. The number of hydrogen-bond donors (Lipinski definition) is 3. The second-order valence-corrected chi connectivity index (χ2v) is 6.47. The maximum absolute atomic E-state index is 12.4. The predicted molar refractivity (Wildman–Crippen MR) is 93.3 cm³/mol. The van der Waals surface area contributed by atoms with Crippen molar-refractivity contribution < 1.29 is 9.53 Å². The van der Waals surface area contributed by atoms with Gasteiger partial charge in [-0.2, -0.15) is 5.10 Å². The smallest absolute Gasteiger partial charge is 0.276 e. The number of aromatic nitrogens is 2. The van der Waals surface area contributed by atoms with Crippen LogP contribution in [0.15, 0.2) is 24.3 Å². The first kappa shape index (κ1) is 16.5. The summed E-state index contributed by atoms with van der Waals surface area (Å²) in [7, 11) is 0. The Balaban J connectivity index is 1.59. The molecule has 1 aromatic heterocycles. The molecule has 0 saturated carbocycles. The molecule has 1 aliphatic rings. The summed E-state index contributed by atoms with van der Waals surface area (Å²) in [5.41, 5.74) is 3.21. The highest BCUT2D eigenvalue weighted by Gasteiger charge is 2.21. The van der Waals surface area contributed by atoms with E-state index in [2.05, 4.69) is 34.7 Å². The quantitative estimate of drug-likeness (QED) is 0.762. The zero-order valence-corrected chi connectivity index (χ0v) is 14.2. The number of nitrogens with one attached hydrogen (secondary N) is 3. The monoisotopic (exact) mass is 328 g/mol. The van der Waals surface area contributed by atoms with E-state index in [-0.39, 0.29) is 5.91 Å². The van der Waals surface area contributed by atoms with Crippen LogP contribution in [0.4, 0.5) is 5.69 Å². The standard InChI is InChI=1S/C18H24N4O2/c1-12(2)8-10-24-14-5-3-13(4-6-14)20-18(23)17-15-11-19-9-7-16(15)21-22-17/h3-6,12,19H,7-11H2,1-2H3,(H,20,23)(H,21,22). The number of rotatable bonds is 6. The highest BCUT2D eigenvalue weighted by Crippen LogP contribution is 2.19. The molecule has 0 fully saturated rings. The van der Waals surface area contributed by atoms with Crippen LogP contribution in [0.25, 0.3) is 0 Å². The molecule has 0 saturated heterocycles. The normalized spacial score (nSPS) is 13.6. The lowest BCUT2D eigenvalue weighted by molar-refractivity contribution is 0.102. The number of benzene rings is 1. The van der Waals surface area contributed by atoms with Crippen molar-refractivity contribution in [2.24, 2.45) is 5.92 Å². The van der Waals surface area contributed by atoms with E-state index in [0.717, 1.165) is 42.1 Å². The second kappa shape index (κ2) is 7.49. The number of carbonyl (C=O) groups excluding carboxylic acids is 1. The van der Waals surface area contributed by atoms with Crippen LogP contribution in [-0.2, 0) is 13.0 Å². The zero-order chi connectivity index (χ0) is 16.9. The largest absolute Gasteiger partial charge is 0.494 e. The van der Waals surface area contributed by atoms with Crippen molar-refractivity contribution in [3.05, 3.63) is 41.2 Å². The molecule has 0 spiro atoms. The third-order valence-corrected chi connectivity index (χ3v) is 4.10. The molecule has 2 aromatic rings. The number of H-pyrrole nitrogens is 1. The topological polar surface area (TPSA) is 79.0 Å². The molecule has 2 heterocycles. The first-order valence-corrected chi connectivity index (χ1v) is 8.44. The minimum atomic E-state index is -0.190. The van der Waals surface area contributed by atoms with Gasteiger partial charge in [0.05, 0.1) is 6.61 Å². The maximum atomic E-state index is 12.4. The Morgan fingerprint density at radius 3 is 2.88 bits per heavy atom. The molecule has 1 aromatic carbocycles. The van der Waals surface area contributed by atoms with Crippen molar-refractivity contribution >= 4 is 11.6 Å². The van der Waals surface area contributed by atoms with Crippen LogP contribution in [0, 0.1) is 5.92 Å². The van der Waals surface area contributed by atoms with Gasteiger partial charge in [0.25, 0.3) is 5.91 Å². The van der Waals surface area contributed by atoms with Gasteiger partial charge in [-0.1, -0.05) is 13.8 Å². The summed E-state index contributed by atoms with van der Waals surface area (Å²) in [4.78, 5) is 12.4. The van der Waals surface area contributed by atoms with E-state index in [1.807, 2.05) is 24.3 Å². The van der Waals surface area contributed by atoms with E-state index in [9.17, 15) is 4.79 Å². The third kappa shape index (κ3) is 3.94. The van der Waals surface area contributed by atoms with Gasteiger partial charge in [-0.15, -0.1) is 0 Å². The van der Waals surface area contributed by atoms with Gasteiger partial charge in [0.2, 0.25) is 0 Å². The van der Waals surface area contributed by atoms with E-state index in [0.29, 0.717) is 24.8 Å². The molecule has 3 rings (SSSR count). The maximum Gasteiger partial charge on any atom is 0.276 e. The fraction of sp³-hybridized carbons (Fsp3) is 0.444. The van der Waals surface area contributed by atoms with Gasteiger partial charge in [0.15, 0.2) is 5.69 Å². The lowest BCUT2D eigenvalue weighted by Crippen LogP contribution is -2.25. The Kier molecular flexibility index (Phi) is 5.15. The number of ether oxygens (including phenoxy) is 1. The molecular formula is C18H24N4O2. The number of nitrogens with zero attached hydrogens (tertiary/aromatic N) is 1. The molecule has 1 aliphatic heterocycles. The molecule has 0 atom stereocenters. The predicted octanol–water partition coefficient (Wildman–Crippen LogP) is 2.73. The van der Waals surface area contributed by atoms with Crippen molar-refractivity contribution in [2.45, 2.75) is 33.2 Å². The van der Waals surface area contributed by atoms with E-state index >= 15 is 0 Å². The molecule has 0 aliphatic carbocycles.